The first-order valence-corrected chi connectivity index (χ1v) is 39.9. The van der Waals surface area contributed by atoms with Crippen LogP contribution in [0.25, 0.3) is 0 Å². The minimum Gasteiger partial charge on any atom is -0.464 e. The Bertz CT molecular complexity index is 2280. The molecule has 0 amide bonds. The van der Waals surface area contributed by atoms with Crippen LogP contribution in [-0.2, 0) is 95.2 Å². The summed E-state index contributed by atoms with van der Waals surface area (Å²) in [6.45, 7) is 41.1. The van der Waals surface area contributed by atoms with Gasteiger partial charge < -0.3 is 56.8 Å². The van der Waals surface area contributed by atoms with Gasteiger partial charge in [0.05, 0.1) is 73.8 Å². The Morgan fingerprint density at radius 3 is 0.702 bits per heavy atom. The number of unbranched alkanes of at least 4 members (excludes halogenated alkanes) is 2. The number of nitrogens with zero attached hydrogens (tertiary/aromatic N) is 4. The first-order valence-electron chi connectivity index (χ1n) is 39.9. The quantitative estimate of drug-likeness (QED) is 0.0312. The van der Waals surface area contributed by atoms with E-state index in [9.17, 15) is 38.4 Å². The van der Waals surface area contributed by atoms with Gasteiger partial charge in [-0.25, -0.2) is 0 Å². The summed E-state index contributed by atoms with van der Waals surface area (Å²) in [5, 5.41) is 0. The third-order valence-corrected chi connectivity index (χ3v) is 19.8. The summed E-state index contributed by atoms with van der Waals surface area (Å²) in [7, 11) is 6.26. The van der Waals surface area contributed by atoms with E-state index >= 15 is 0 Å². The van der Waals surface area contributed by atoms with Gasteiger partial charge in [0.25, 0.3) is 0 Å². The Hall–Kier alpha value is -4.56. The monoisotopic (exact) mass is 1490 g/mol. The molecule has 0 aromatic carbocycles. The number of hydrogen-bond acceptors (Lipinski definition) is 24. The predicted octanol–water partition coefficient (Wildman–Crippen LogP) is 12.1. The van der Waals surface area contributed by atoms with Gasteiger partial charge in [-0.3, -0.25) is 58.0 Å². The first-order chi connectivity index (χ1) is 49.6. The third kappa shape index (κ3) is 40.6. The fourth-order valence-electron chi connectivity index (χ4n) is 14.4. The van der Waals surface area contributed by atoms with E-state index in [1.54, 1.807) is 28.4 Å². The minimum atomic E-state index is -0.399. The molecule has 4 saturated carbocycles. The molecule has 4 fully saturated rings. The molecule has 4 aliphatic carbocycles. The Labute approximate surface area is 628 Å². The van der Waals surface area contributed by atoms with Crippen LogP contribution >= 0.6 is 0 Å². The molecule has 0 aliphatic heterocycles. The van der Waals surface area contributed by atoms with Gasteiger partial charge in [0.1, 0.15) is 52.9 Å². The molecule has 0 saturated heterocycles. The molecule has 8 atom stereocenters. The molecule has 608 valence electrons. The van der Waals surface area contributed by atoms with Crippen LogP contribution in [0.4, 0.5) is 0 Å². The highest BCUT2D eigenvalue weighted by atomic mass is 16.6. The highest BCUT2D eigenvalue weighted by Crippen LogP contribution is 2.36. The number of ether oxygens (including phenoxy) is 12. The van der Waals surface area contributed by atoms with Gasteiger partial charge in [-0.2, -0.15) is 0 Å². The van der Waals surface area contributed by atoms with Gasteiger partial charge >= 0.3 is 47.8 Å². The second-order valence-corrected chi connectivity index (χ2v) is 30.6. The minimum absolute atomic E-state index is 0.0246. The van der Waals surface area contributed by atoms with Crippen molar-refractivity contribution in [3.05, 3.63) is 0 Å². The fraction of sp³-hybridized carbons (Fsp3) is 0.900. The van der Waals surface area contributed by atoms with E-state index < -0.39 is 11.8 Å². The molecule has 0 aromatic rings. The van der Waals surface area contributed by atoms with Crippen molar-refractivity contribution in [2.45, 2.75) is 261 Å². The van der Waals surface area contributed by atoms with Crippen LogP contribution in [0, 0.1) is 47.3 Å². The summed E-state index contributed by atoms with van der Waals surface area (Å²) >= 11 is 0. The van der Waals surface area contributed by atoms with Gasteiger partial charge in [-0.1, -0.05) is 91.9 Å². The molecule has 0 bridgehead atoms. The molecule has 4 aliphatic rings. The average Bonchev–Trinajstić information content (AvgIpc) is 0.838. The number of esters is 8. The summed E-state index contributed by atoms with van der Waals surface area (Å²) in [5.41, 5.74) is -0.0492. The highest BCUT2D eigenvalue weighted by molar-refractivity contribution is 5.84. The van der Waals surface area contributed by atoms with E-state index in [0.29, 0.717) is 129 Å². The average molecular weight is 1490 g/mol. The van der Waals surface area contributed by atoms with E-state index in [0.717, 1.165) is 129 Å². The van der Waals surface area contributed by atoms with Crippen molar-refractivity contribution in [1.29, 1.82) is 0 Å². The van der Waals surface area contributed by atoms with Crippen molar-refractivity contribution in [2.24, 2.45) is 47.3 Å². The van der Waals surface area contributed by atoms with Crippen LogP contribution in [-0.4, -0.2) is 251 Å². The lowest BCUT2D eigenvalue weighted by atomic mass is 9.79. The normalized spacial score (nSPS) is 20.6. The zero-order valence-electron chi connectivity index (χ0n) is 68.4. The number of carbonyl (C=O) groups excluding carboxylic acids is 8. The zero-order chi connectivity index (χ0) is 77.9. The molecular formula is C80H148N4O20. The van der Waals surface area contributed by atoms with Crippen LogP contribution in [0.2, 0.25) is 0 Å². The van der Waals surface area contributed by atoms with E-state index in [1.807, 2.05) is 0 Å². The van der Waals surface area contributed by atoms with Gasteiger partial charge in [0.2, 0.25) is 0 Å². The van der Waals surface area contributed by atoms with E-state index in [2.05, 4.69) is 117 Å². The van der Waals surface area contributed by atoms with Crippen molar-refractivity contribution >= 4 is 47.8 Å². The molecule has 24 nitrogen and oxygen atoms in total. The molecule has 4 rings (SSSR count). The van der Waals surface area contributed by atoms with Crippen molar-refractivity contribution in [2.75, 3.05) is 160 Å². The lowest BCUT2D eigenvalue weighted by molar-refractivity contribution is -0.164. The molecule has 104 heavy (non-hydrogen) atoms. The molecule has 0 N–H and O–H groups in total. The molecule has 8 unspecified atom stereocenters. The first kappa shape index (κ1) is 97.5. The number of carbonyl (C=O) groups is 8. The molecular weight excluding hydrogens is 1340 g/mol. The zero-order valence-corrected chi connectivity index (χ0v) is 68.4. The summed E-state index contributed by atoms with van der Waals surface area (Å²) < 4.78 is 62.7. The van der Waals surface area contributed by atoms with Gasteiger partial charge in [0, 0.05) is 77.8 Å². The van der Waals surface area contributed by atoms with Crippen molar-refractivity contribution in [3.63, 3.8) is 0 Å². The Morgan fingerprint density at radius 1 is 0.288 bits per heavy atom. The van der Waals surface area contributed by atoms with E-state index in [-0.39, 0.29) is 121 Å². The summed E-state index contributed by atoms with van der Waals surface area (Å²) in [6.07, 6.45) is 20.0. The predicted molar refractivity (Wildman–Crippen MR) is 403 cm³/mol. The van der Waals surface area contributed by atoms with Gasteiger partial charge in [-0.15, -0.1) is 0 Å². The highest BCUT2D eigenvalue weighted by Gasteiger charge is 2.42. The van der Waals surface area contributed by atoms with Crippen LogP contribution in [0.3, 0.4) is 0 Å². The van der Waals surface area contributed by atoms with Crippen molar-refractivity contribution in [1.82, 2.24) is 19.6 Å². The Kier molecular flexibility index (Phi) is 53.9. The largest absolute Gasteiger partial charge is 0.464 e. The summed E-state index contributed by atoms with van der Waals surface area (Å²) in [5.74, 6) is -5.26. The number of hydrogen-bond donors (Lipinski definition) is 0. The second kappa shape index (κ2) is 57.5. The van der Waals surface area contributed by atoms with E-state index in [1.165, 1.54) is 0 Å². The lowest BCUT2D eigenvalue weighted by Gasteiger charge is -2.45. The standard InChI is InChI=1S/2C21H39NO5.2C19H35NO5/c1-20(2,3)22(21(4,5)6)12-13-26-18(23)16-10-8-9-11-17(16)19(24)27-15-14-25-7;1-4-6-12-22(13-7-5-2)14-15-26-20(23)18-10-8-9-11-19(18)21(24)27-17-16-25-3;1-14(2)20(15(3)4)10-11-24-18(21)16-8-6-7-9-17(16)19(22)25-13-12-23-5;1-4-10-20(11-5-2)12-13-24-18(21)16-8-6-7-9-17(16)19(22)25-15-14-23-3/h16-17H,8-15H2,1-7H3;18-19H,4-17H2,1-3H3;14-17H,6-13H2,1-5H3;16-17H,4-15H2,1-3H3. The Balaban J connectivity index is 0.000000694. The maximum Gasteiger partial charge on any atom is 0.309 e. The maximum atomic E-state index is 12.7. The second-order valence-electron chi connectivity index (χ2n) is 30.6. The molecule has 0 radical (unpaired) electrons. The molecule has 0 spiro atoms. The van der Waals surface area contributed by atoms with Crippen LogP contribution < -0.4 is 0 Å². The maximum absolute atomic E-state index is 12.7. The fourth-order valence-corrected chi connectivity index (χ4v) is 14.4. The van der Waals surface area contributed by atoms with Crippen LogP contribution in [0.15, 0.2) is 0 Å². The van der Waals surface area contributed by atoms with Crippen molar-refractivity contribution in [3.8, 4) is 0 Å². The van der Waals surface area contributed by atoms with Crippen LogP contribution in [0.5, 0.6) is 0 Å². The molecule has 0 heterocycles. The van der Waals surface area contributed by atoms with Gasteiger partial charge in [0.15, 0.2) is 0 Å². The van der Waals surface area contributed by atoms with Gasteiger partial charge in [-0.05, 0) is 172 Å². The van der Waals surface area contributed by atoms with E-state index in [4.69, 9.17) is 56.8 Å². The Morgan fingerprint density at radius 2 is 0.500 bits per heavy atom. The lowest BCUT2D eigenvalue weighted by Crippen LogP contribution is -2.53. The van der Waals surface area contributed by atoms with Crippen molar-refractivity contribution < 1.29 is 95.2 Å². The molecule has 0 aromatic heterocycles. The van der Waals surface area contributed by atoms with Crippen LogP contribution in [0.1, 0.15) is 238 Å². The molecule has 24 heteroatoms. The number of methoxy groups -OCH3 is 4. The smallest absolute Gasteiger partial charge is 0.309 e. The summed E-state index contributed by atoms with van der Waals surface area (Å²) in [6, 6.07) is 0.800. The SMILES string of the molecule is CCCCN(CCCC)CCOC(=O)C1CCCCC1C(=O)OCCOC.CCCN(CCC)CCOC(=O)C1CCCCC1C(=O)OCCOC.COCCOC(=O)C1CCCCC1C(=O)OCCN(C(C)(C)C)C(C)(C)C.COCCOC(=O)C1CCCCC1C(=O)OCCN(C(C)C)C(C)C. The topological polar surface area (TPSA) is 260 Å². The summed E-state index contributed by atoms with van der Waals surface area (Å²) in [4.78, 5) is 109. The number of rotatable bonds is 44. The third-order valence-electron chi connectivity index (χ3n) is 19.8.